The highest BCUT2D eigenvalue weighted by atomic mass is 35.5. The summed E-state index contributed by atoms with van der Waals surface area (Å²) in [5.74, 6) is 1.82. The van der Waals surface area contributed by atoms with E-state index in [1.807, 2.05) is 44.2 Å². The van der Waals surface area contributed by atoms with E-state index in [1.165, 1.54) is 0 Å². The van der Waals surface area contributed by atoms with Gasteiger partial charge >= 0.3 is 5.63 Å². The van der Waals surface area contributed by atoms with Crippen LogP contribution >= 0.6 is 11.6 Å². The number of ether oxygens (including phenoxy) is 1. The standard InChI is InChI=1S/C24H27ClO4/c1-3-18(12-16-6-8-19(25)9-7-16)21-13-20(26)22(23(27)28-21)24(14-17-4-5-17)11-10-15(2)29-24/h6-10,13,17-18,26H,3-5,11-12,14H2,1-2H3. The molecule has 1 N–H and O–H groups in total. The van der Waals surface area contributed by atoms with Gasteiger partial charge in [-0.3, -0.25) is 0 Å². The zero-order chi connectivity index (χ0) is 20.6. The highest BCUT2D eigenvalue weighted by Crippen LogP contribution is 2.49. The first kappa shape index (κ1) is 20.1. The number of aromatic hydroxyl groups is 1. The van der Waals surface area contributed by atoms with Gasteiger partial charge in [-0.2, -0.15) is 0 Å². The molecule has 0 bridgehead atoms. The Labute approximate surface area is 176 Å². The van der Waals surface area contributed by atoms with E-state index in [2.05, 4.69) is 0 Å². The molecule has 0 spiro atoms. The zero-order valence-electron chi connectivity index (χ0n) is 16.9. The van der Waals surface area contributed by atoms with Crippen LogP contribution in [0.5, 0.6) is 5.75 Å². The van der Waals surface area contributed by atoms with Crippen molar-refractivity contribution in [3.8, 4) is 5.75 Å². The normalized spacial score (nSPS) is 22.2. The third-order valence-electron chi connectivity index (χ3n) is 6.09. The summed E-state index contributed by atoms with van der Waals surface area (Å²) in [7, 11) is 0. The Morgan fingerprint density at radius 2 is 2.00 bits per heavy atom. The summed E-state index contributed by atoms with van der Waals surface area (Å²) < 4.78 is 11.9. The summed E-state index contributed by atoms with van der Waals surface area (Å²) in [6, 6.07) is 9.28. The first-order valence-corrected chi connectivity index (χ1v) is 10.8. The molecule has 29 heavy (non-hydrogen) atoms. The lowest BCUT2D eigenvalue weighted by molar-refractivity contribution is 0.00456. The van der Waals surface area contributed by atoms with Gasteiger partial charge in [-0.1, -0.05) is 43.5 Å². The summed E-state index contributed by atoms with van der Waals surface area (Å²) in [6.45, 7) is 3.94. The van der Waals surface area contributed by atoms with E-state index in [0.29, 0.717) is 29.5 Å². The molecule has 2 aromatic rings. The monoisotopic (exact) mass is 414 g/mol. The zero-order valence-corrected chi connectivity index (χ0v) is 17.7. The molecule has 4 nitrogen and oxygen atoms in total. The second-order valence-corrected chi connectivity index (χ2v) is 8.83. The van der Waals surface area contributed by atoms with E-state index < -0.39 is 11.2 Å². The Morgan fingerprint density at radius 1 is 1.28 bits per heavy atom. The maximum absolute atomic E-state index is 13.0. The molecule has 0 saturated heterocycles. The number of benzene rings is 1. The fourth-order valence-corrected chi connectivity index (χ4v) is 4.47. The molecule has 2 atom stereocenters. The van der Waals surface area contributed by atoms with Crippen LogP contribution in [0.1, 0.15) is 68.8 Å². The number of hydrogen-bond acceptors (Lipinski definition) is 4. The van der Waals surface area contributed by atoms with Crippen LogP contribution in [0.25, 0.3) is 0 Å². The van der Waals surface area contributed by atoms with Gasteiger partial charge in [-0.05, 0) is 55.9 Å². The van der Waals surface area contributed by atoms with Crippen LogP contribution in [0.2, 0.25) is 5.02 Å². The molecule has 1 fully saturated rings. The Kier molecular flexibility index (Phi) is 5.48. The van der Waals surface area contributed by atoms with Gasteiger partial charge in [0.1, 0.15) is 22.7 Å². The molecular weight excluding hydrogens is 388 g/mol. The lowest BCUT2D eigenvalue weighted by atomic mass is 9.85. The lowest BCUT2D eigenvalue weighted by Gasteiger charge is -2.30. The van der Waals surface area contributed by atoms with Crippen molar-refractivity contribution >= 4 is 11.6 Å². The smallest absolute Gasteiger partial charge is 0.347 e. The van der Waals surface area contributed by atoms with Gasteiger partial charge in [0.05, 0.1) is 5.76 Å². The minimum atomic E-state index is -0.799. The van der Waals surface area contributed by atoms with E-state index >= 15 is 0 Å². The maximum atomic E-state index is 13.0. The average Bonchev–Trinajstić information content (AvgIpc) is 3.41. The van der Waals surface area contributed by atoms with E-state index in [4.69, 9.17) is 20.8 Å². The molecule has 2 unspecified atom stereocenters. The van der Waals surface area contributed by atoms with Crippen LogP contribution in [0.3, 0.4) is 0 Å². The van der Waals surface area contributed by atoms with E-state index in [1.54, 1.807) is 6.07 Å². The van der Waals surface area contributed by atoms with Crippen LogP contribution in [0.4, 0.5) is 0 Å². The van der Waals surface area contributed by atoms with Crippen molar-refractivity contribution in [2.24, 2.45) is 5.92 Å². The second kappa shape index (κ2) is 7.91. The van der Waals surface area contributed by atoms with E-state index in [0.717, 1.165) is 37.0 Å². The van der Waals surface area contributed by atoms with Gasteiger partial charge in [0.25, 0.3) is 0 Å². The van der Waals surface area contributed by atoms with Gasteiger partial charge in [-0.25, -0.2) is 4.79 Å². The molecule has 0 radical (unpaired) electrons. The highest BCUT2D eigenvalue weighted by molar-refractivity contribution is 6.30. The molecule has 2 heterocycles. The SMILES string of the molecule is CCC(Cc1ccc(Cl)cc1)c1cc(O)c(C2(CC3CC3)CC=C(C)O2)c(=O)o1. The summed E-state index contributed by atoms with van der Waals surface area (Å²) >= 11 is 5.97. The van der Waals surface area contributed by atoms with Crippen molar-refractivity contribution in [1.29, 1.82) is 0 Å². The predicted molar refractivity (Wildman–Crippen MR) is 113 cm³/mol. The first-order valence-electron chi connectivity index (χ1n) is 10.4. The Bertz CT molecular complexity index is 971. The third-order valence-corrected chi connectivity index (χ3v) is 6.34. The molecule has 1 aliphatic carbocycles. The topological polar surface area (TPSA) is 59.7 Å². The lowest BCUT2D eigenvalue weighted by Crippen LogP contribution is -2.32. The molecular formula is C24H27ClO4. The van der Waals surface area contributed by atoms with Gasteiger partial charge in [0.2, 0.25) is 0 Å². The summed E-state index contributed by atoms with van der Waals surface area (Å²) in [4.78, 5) is 13.0. The summed E-state index contributed by atoms with van der Waals surface area (Å²) in [6.07, 6.45) is 7.11. The molecule has 1 saturated carbocycles. The van der Waals surface area contributed by atoms with Gasteiger partial charge < -0.3 is 14.3 Å². The van der Waals surface area contributed by atoms with E-state index in [9.17, 15) is 9.90 Å². The largest absolute Gasteiger partial charge is 0.507 e. The van der Waals surface area contributed by atoms with Crippen molar-refractivity contribution < 1.29 is 14.3 Å². The van der Waals surface area contributed by atoms with Crippen LogP contribution < -0.4 is 5.63 Å². The molecule has 1 aromatic heterocycles. The van der Waals surface area contributed by atoms with Crippen LogP contribution in [-0.4, -0.2) is 5.11 Å². The van der Waals surface area contributed by atoms with Crippen molar-refractivity contribution in [2.75, 3.05) is 0 Å². The number of hydrogen-bond donors (Lipinski definition) is 1. The number of allylic oxidation sites excluding steroid dienone is 1. The van der Waals surface area contributed by atoms with Crippen LogP contribution in [0, 0.1) is 5.92 Å². The average molecular weight is 415 g/mol. The van der Waals surface area contributed by atoms with Crippen molar-refractivity contribution in [3.05, 3.63) is 74.5 Å². The van der Waals surface area contributed by atoms with Crippen molar-refractivity contribution in [3.63, 3.8) is 0 Å². The Balaban J connectivity index is 1.65. The number of halogens is 1. The maximum Gasteiger partial charge on any atom is 0.347 e. The molecule has 1 aliphatic heterocycles. The first-order chi connectivity index (χ1) is 13.9. The minimum absolute atomic E-state index is 0.00688. The minimum Gasteiger partial charge on any atom is -0.507 e. The van der Waals surface area contributed by atoms with Crippen LogP contribution in [-0.2, 0) is 16.8 Å². The Morgan fingerprint density at radius 3 is 2.55 bits per heavy atom. The molecule has 5 heteroatoms. The second-order valence-electron chi connectivity index (χ2n) is 8.39. The number of rotatable bonds is 7. The predicted octanol–water partition coefficient (Wildman–Crippen LogP) is 6.05. The molecule has 154 valence electrons. The van der Waals surface area contributed by atoms with Gasteiger partial charge in [-0.15, -0.1) is 0 Å². The van der Waals surface area contributed by atoms with Crippen molar-refractivity contribution in [1.82, 2.24) is 0 Å². The molecule has 4 rings (SSSR count). The fourth-order valence-electron chi connectivity index (χ4n) is 4.34. The quantitative estimate of drug-likeness (QED) is 0.598. The third kappa shape index (κ3) is 4.23. The summed E-state index contributed by atoms with van der Waals surface area (Å²) in [5, 5.41) is 11.6. The fraction of sp³-hybridized carbons (Fsp3) is 0.458. The highest BCUT2D eigenvalue weighted by Gasteiger charge is 2.46. The summed E-state index contributed by atoms with van der Waals surface area (Å²) in [5.41, 5.74) is 0.0873. The van der Waals surface area contributed by atoms with Gasteiger partial charge in [0.15, 0.2) is 0 Å². The van der Waals surface area contributed by atoms with Crippen LogP contribution in [0.15, 0.2) is 51.4 Å². The molecule has 0 amide bonds. The van der Waals surface area contributed by atoms with Gasteiger partial charge in [0, 0.05) is 23.4 Å². The Hall–Kier alpha value is -2.20. The molecule has 2 aliphatic rings. The molecule has 1 aromatic carbocycles. The van der Waals surface area contributed by atoms with E-state index in [-0.39, 0.29) is 17.2 Å². The van der Waals surface area contributed by atoms with Crippen molar-refractivity contribution in [2.45, 2.75) is 63.9 Å².